The van der Waals surface area contributed by atoms with Gasteiger partial charge in [-0.05, 0) is 85.4 Å². The van der Waals surface area contributed by atoms with Crippen molar-refractivity contribution in [2.75, 3.05) is 18.4 Å². The van der Waals surface area contributed by atoms with Gasteiger partial charge in [-0.15, -0.1) is 0 Å². The molecule has 30 heavy (non-hydrogen) atoms. The van der Waals surface area contributed by atoms with Crippen LogP contribution in [0.4, 0.5) is 5.69 Å². The minimum atomic E-state index is 0.0858. The van der Waals surface area contributed by atoms with Crippen LogP contribution in [0.1, 0.15) is 29.5 Å². The van der Waals surface area contributed by atoms with E-state index >= 15 is 0 Å². The molecule has 4 rings (SSSR count). The van der Waals surface area contributed by atoms with Gasteiger partial charge in [0.25, 0.3) is 0 Å². The molecule has 3 aromatic rings. The average Bonchev–Trinajstić information content (AvgIpc) is 2.78. The molecule has 2 aromatic carbocycles. The first-order valence-electron chi connectivity index (χ1n) is 10.4. The van der Waals surface area contributed by atoms with E-state index in [2.05, 4.69) is 67.5 Å². The summed E-state index contributed by atoms with van der Waals surface area (Å²) in [7, 11) is 0. The maximum atomic E-state index is 12.7. The Hall–Kier alpha value is -2.50. The highest BCUT2D eigenvalue weighted by Crippen LogP contribution is 2.22. The molecular weight excluding hydrogens is 438 g/mol. The largest absolute Gasteiger partial charge is 0.326 e. The lowest BCUT2D eigenvalue weighted by Gasteiger charge is -2.31. The van der Waals surface area contributed by atoms with Crippen LogP contribution in [0.2, 0.25) is 0 Å². The monoisotopic (exact) mass is 463 g/mol. The standard InChI is InChI=1S/C25H26BrN3O/c26-23-5-1-21(2-6-23)18-29-15-11-22(12-16-29)25(30)28-24-7-3-19(4-8-24)17-20-9-13-27-14-10-20/h1-10,13-14,22H,11-12,15-18H2,(H,28,30). The van der Waals surface area contributed by atoms with E-state index < -0.39 is 0 Å². The zero-order valence-electron chi connectivity index (χ0n) is 16.9. The van der Waals surface area contributed by atoms with E-state index in [1.165, 1.54) is 16.7 Å². The lowest BCUT2D eigenvalue weighted by atomic mass is 9.95. The molecule has 1 N–H and O–H groups in total. The molecule has 1 amide bonds. The first kappa shape index (κ1) is 20.8. The maximum absolute atomic E-state index is 12.7. The van der Waals surface area contributed by atoms with Crippen molar-refractivity contribution in [3.8, 4) is 0 Å². The molecule has 0 bridgehead atoms. The van der Waals surface area contributed by atoms with Crippen molar-refractivity contribution in [3.05, 3.63) is 94.2 Å². The number of hydrogen-bond donors (Lipinski definition) is 1. The second-order valence-corrected chi connectivity index (χ2v) is 8.81. The predicted molar refractivity (Wildman–Crippen MR) is 124 cm³/mol. The Balaban J connectivity index is 1.25. The molecule has 5 heteroatoms. The van der Waals surface area contributed by atoms with E-state index in [0.29, 0.717) is 0 Å². The van der Waals surface area contributed by atoms with E-state index in [9.17, 15) is 4.79 Å². The quantitative estimate of drug-likeness (QED) is 0.540. The van der Waals surface area contributed by atoms with Gasteiger partial charge in [0.15, 0.2) is 0 Å². The van der Waals surface area contributed by atoms with E-state index in [0.717, 1.165) is 49.1 Å². The Morgan fingerprint density at radius 2 is 1.50 bits per heavy atom. The third-order valence-corrected chi connectivity index (χ3v) is 6.19. The molecule has 154 valence electrons. The predicted octanol–water partition coefficient (Wildman–Crippen LogP) is 5.29. The molecule has 1 saturated heterocycles. The second kappa shape index (κ2) is 10.0. The minimum absolute atomic E-state index is 0.0858. The van der Waals surface area contributed by atoms with Crippen LogP contribution in [0, 0.1) is 5.92 Å². The van der Waals surface area contributed by atoms with E-state index in [4.69, 9.17) is 0 Å². The molecule has 1 aromatic heterocycles. The highest BCUT2D eigenvalue weighted by molar-refractivity contribution is 9.10. The zero-order valence-corrected chi connectivity index (χ0v) is 18.5. The Morgan fingerprint density at radius 1 is 0.900 bits per heavy atom. The second-order valence-electron chi connectivity index (χ2n) is 7.90. The number of halogens is 1. The van der Waals surface area contributed by atoms with Gasteiger partial charge in [0.05, 0.1) is 0 Å². The molecule has 0 saturated carbocycles. The number of benzene rings is 2. The number of nitrogens with one attached hydrogen (secondary N) is 1. The van der Waals surface area contributed by atoms with Crippen molar-refractivity contribution in [1.29, 1.82) is 0 Å². The van der Waals surface area contributed by atoms with Gasteiger partial charge >= 0.3 is 0 Å². The van der Waals surface area contributed by atoms with Gasteiger partial charge in [0.1, 0.15) is 0 Å². The summed E-state index contributed by atoms with van der Waals surface area (Å²) in [5.41, 5.74) is 4.64. The number of aromatic nitrogens is 1. The highest BCUT2D eigenvalue weighted by atomic mass is 79.9. The summed E-state index contributed by atoms with van der Waals surface area (Å²) in [4.78, 5) is 19.2. The molecular formula is C25H26BrN3O. The number of hydrogen-bond acceptors (Lipinski definition) is 3. The van der Waals surface area contributed by atoms with Crippen LogP contribution in [0.15, 0.2) is 77.5 Å². The molecule has 1 aliphatic heterocycles. The fraction of sp³-hybridized carbons (Fsp3) is 0.280. The van der Waals surface area contributed by atoms with Gasteiger partial charge in [-0.3, -0.25) is 14.7 Å². The normalized spacial score (nSPS) is 15.1. The molecule has 0 aliphatic carbocycles. The van der Waals surface area contributed by atoms with Gasteiger partial charge in [0.2, 0.25) is 5.91 Å². The molecule has 0 atom stereocenters. The number of nitrogens with zero attached hydrogens (tertiary/aromatic N) is 2. The minimum Gasteiger partial charge on any atom is -0.326 e. The fourth-order valence-corrected chi connectivity index (χ4v) is 4.15. The van der Waals surface area contributed by atoms with Crippen LogP contribution < -0.4 is 5.32 Å². The lowest BCUT2D eigenvalue weighted by molar-refractivity contribution is -0.121. The number of likely N-dealkylation sites (tertiary alicyclic amines) is 1. The average molecular weight is 464 g/mol. The number of amides is 1. The van der Waals surface area contributed by atoms with E-state index in [1.54, 1.807) is 0 Å². The van der Waals surface area contributed by atoms with Crippen molar-refractivity contribution in [2.45, 2.75) is 25.8 Å². The molecule has 2 heterocycles. The van der Waals surface area contributed by atoms with Crippen LogP contribution >= 0.6 is 15.9 Å². The Kier molecular flexibility index (Phi) is 6.92. The third kappa shape index (κ3) is 5.77. The number of rotatable bonds is 6. The summed E-state index contributed by atoms with van der Waals surface area (Å²) < 4.78 is 1.10. The van der Waals surface area contributed by atoms with Crippen molar-refractivity contribution in [2.24, 2.45) is 5.92 Å². The summed E-state index contributed by atoms with van der Waals surface area (Å²) >= 11 is 3.48. The van der Waals surface area contributed by atoms with Crippen molar-refractivity contribution in [3.63, 3.8) is 0 Å². The molecule has 0 unspecified atom stereocenters. The van der Waals surface area contributed by atoms with E-state index in [1.807, 2.05) is 36.7 Å². The van der Waals surface area contributed by atoms with Crippen LogP contribution in [-0.2, 0) is 17.8 Å². The van der Waals surface area contributed by atoms with Gasteiger partial charge < -0.3 is 5.32 Å². The van der Waals surface area contributed by atoms with Crippen molar-refractivity contribution < 1.29 is 4.79 Å². The van der Waals surface area contributed by atoms with Crippen LogP contribution in [0.5, 0.6) is 0 Å². The summed E-state index contributed by atoms with van der Waals surface area (Å²) in [6.45, 7) is 2.86. The SMILES string of the molecule is O=C(Nc1ccc(Cc2ccncc2)cc1)C1CCN(Cc2ccc(Br)cc2)CC1. The number of anilines is 1. The number of pyridine rings is 1. The number of carbonyl (C=O) groups excluding carboxylic acids is 1. The van der Waals surface area contributed by atoms with Crippen LogP contribution in [0.25, 0.3) is 0 Å². The van der Waals surface area contributed by atoms with Crippen LogP contribution in [0.3, 0.4) is 0 Å². The molecule has 0 radical (unpaired) electrons. The summed E-state index contributed by atoms with van der Waals surface area (Å²) in [5.74, 6) is 0.225. The van der Waals surface area contributed by atoms with Gasteiger partial charge in [-0.25, -0.2) is 0 Å². The van der Waals surface area contributed by atoms with Gasteiger partial charge in [-0.2, -0.15) is 0 Å². The smallest absolute Gasteiger partial charge is 0.227 e. The number of carbonyl (C=O) groups is 1. The van der Waals surface area contributed by atoms with Crippen molar-refractivity contribution >= 4 is 27.5 Å². The molecule has 0 spiro atoms. The highest BCUT2D eigenvalue weighted by Gasteiger charge is 2.25. The first-order valence-corrected chi connectivity index (χ1v) is 11.2. The maximum Gasteiger partial charge on any atom is 0.227 e. The topological polar surface area (TPSA) is 45.2 Å². The Morgan fingerprint density at radius 3 is 2.17 bits per heavy atom. The summed E-state index contributed by atoms with van der Waals surface area (Å²) in [5, 5.41) is 3.10. The summed E-state index contributed by atoms with van der Waals surface area (Å²) in [6.07, 6.45) is 6.31. The molecule has 1 aliphatic rings. The number of piperidine rings is 1. The third-order valence-electron chi connectivity index (χ3n) is 5.66. The zero-order chi connectivity index (χ0) is 20.8. The molecule has 4 nitrogen and oxygen atoms in total. The van der Waals surface area contributed by atoms with E-state index in [-0.39, 0.29) is 11.8 Å². The van der Waals surface area contributed by atoms with Gasteiger partial charge in [-0.1, -0.05) is 40.2 Å². The Labute approximate surface area is 186 Å². The fourth-order valence-electron chi connectivity index (χ4n) is 3.89. The Bertz CT molecular complexity index is 950. The van der Waals surface area contributed by atoms with Gasteiger partial charge in [0, 0.05) is 35.0 Å². The summed E-state index contributed by atoms with van der Waals surface area (Å²) in [6, 6.07) is 20.7. The van der Waals surface area contributed by atoms with Crippen molar-refractivity contribution in [1.82, 2.24) is 9.88 Å². The lowest BCUT2D eigenvalue weighted by Crippen LogP contribution is -2.37. The van der Waals surface area contributed by atoms with Crippen LogP contribution in [-0.4, -0.2) is 28.9 Å². The first-order chi connectivity index (χ1) is 14.7. The molecule has 1 fully saturated rings.